The molecule has 2 heteroatoms. The Morgan fingerprint density at radius 3 is 1.94 bits per heavy atom. The quantitative estimate of drug-likeness (QED) is 0.338. The Bertz CT molecular complexity index is 244. The Kier molecular flexibility index (Phi) is 13.9. The zero-order valence-electron chi connectivity index (χ0n) is 12.3. The first kappa shape index (κ1) is 18.3. The minimum absolute atomic E-state index is 0. The van der Waals surface area contributed by atoms with Crippen LogP contribution in [0.4, 0.5) is 0 Å². The molecule has 18 heavy (non-hydrogen) atoms. The largest absolute Gasteiger partial charge is 1.00 e. The fourth-order valence-electron chi connectivity index (χ4n) is 2.19. The molecule has 0 fully saturated rings. The van der Waals surface area contributed by atoms with Crippen LogP contribution in [0.5, 0.6) is 0 Å². The standard InChI is InChI=1S/C16H27O.Na/c1-2-3-4-5-6-7-8-9-10-11-13-16-14-12-15-17-16;/h12,14H,2-11,13H2,1H3;/q-1;+1. The van der Waals surface area contributed by atoms with Crippen molar-refractivity contribution in [3.8, 4) is 0 Å². The summed E-state index contributed by atoms with van der Waals surface area (Å²) in [5, 5.41) is 0. The van der Waals surface area contributed by atoms with Crippen LogP contribution in [0.25, 0.3) is 0 Å². The molecule has 1 nitrogen and oxygen atoms in total. The number of hydrogen-bond acceptors (Lipinski definition) is 1. The summed E-state index contributed by atoms with van der Waals surface area (Å²) < 4.78 is 5.19. The third-order valence-electron chi connectivity index (χ3n) is 3.30. The van der Waals surface area contributed by atoms with E-state index in [0.717, 1.165) is 12.2 Å². The van der Waals surface area contributed by atoms with Gasteiger partial charge in [0.2, 0.25) is 0 Å². The molecular formula is C16H27NaO. The molecule has 0 atom stereocenters. The van der Waals surface area contributed by atoms with E-state index in [1.54, 1.807) is 0 Å². The van der Waals surface area contributed by atoms with Gasteiger partial charge in [-0.15, -0.1) is 6.07 Å². The summed E-state index contributed by atoms with van der Waals surface area (Å²) in [5.41, 5.74) is 0. The predicted molar refractivity (Wildman–Crippen MR) is 73.1 cm³/mol. The molecule has 0 aliphatic rings. The van der Waals surface area contributed by atoms with E-state index in [0.29, 0.717) is 0 Å². The van der Waals surface area contributed by atoms with Crippen LogP contribution < -0.4 is 29.6 Å². The van der Waals surface area contributed by atoms with Gasteiger partial charge in [0.25, 0.3) is 0 Å². The van der Waals surface area contributed by atoms with Crippen molar-refractivity contribution in [3.63, 3.8) is 0 Å². The van der Waals surface area contributed by atoms with Crippen LogP contribution in [0.2, 0.25) is 0 Å². The van der Waals surface area contributed by atoms with E-state index in [-0.39, 0.29) is 29.6 Å². The van der Waals surface area contributed by atoms with Crippen molar-refractivity contribution in [2.24, 2.45) is 0 Å². The first-order chi connectivity index (χ1) is 8.43. The SMILES string of the molecule is CCCCCCCCCCCCc1cc[c-]o1.[Na+]. The molecule has 0 aliphatic heterocycles. The second-order valence-corrected chi connectivity index (χ2v) is 4.95. The summed E-state index contributed by atoms with van der Waals surface area (Å²) in [4.78, 5) is 0. The molecule has 0 spiro atoms. The average molecular weight is 258 g/mol. The van der Waals surface area contributed by atoms with E-state index < -0.39 is 0 Å². The Morgan fingerprint density at radius 1 is 0.889 bits per heavy atom. The van der Waals surface area contributed by atoms with Crippen LogP contribution in [0.1, 0.15) is 76.9 Å². The number of furan rings is 1. The van der Waals surface area contributed by atoms with Gasteiger partial charge in [0.1, 0.15) is 0 Å². The van der Waals surface area contributed by atoms with Gasteiger partial charge in [-0.05, 0) is 6.26 Å². The molecule has 0 amide bonds. The summed E-state index contributed by atoms with van der Waals surface area (Å²) in [6.45, 7) is 2.27. The van der Waals surface area contributed by atoms with Crippen molar-refractivity contribution in [1.82, 2.24) is 0 Å². The van der Waals surface area contributed by atoms with Crippen LogP contribution in [0, 0.1) is 6.26 Å². The summed E-state index contributed by atoms with van der Waals surface area (Å²) in [7, 11) is 0. The molecule has 0 unspecified atom stereocenters. The fraction of sp³-hybridized carbons (Fsp3) is 0.750. The molecule has 0 aliphatic carbocycles. The number of aryl methyl sites for hydroxylation is 1. The zero-order valence-corrected chi connectivity index (χ0v) is 14.3. The van der Waals surface area contributed by atoms with Crippen molar-refractivity contribution in [3.05, 3.63) is 24.2 Å². The molecule has 0 saturated heterocycles. The van der Waals surface area contributed by atoms with Gasteiger partial charge in [0, 0.05) is 0 Å². The van der Waals surface area contributed by atoms with E-state index in [4.69, 9.17) is 4.42 Å². The zero-order chi connectivity index (χ0) is 12.2. The summed E-state index contributed by atoms with van der Waals surface area (Å²) in [5.74, 6) is 1.09. The molecule has 1 aromatic rings. The van der Waals surface area contributed by atoms with Gasteiger partial charge in [-0.25, -0.2) is 0 Å². The van der Waals surface area contributed by atoms with Crippen LogP contribution in [0.3, 0.4) is 0 Å². The van der Waals surface area contributed by atoms with Crippen molar-refractivity contribution in [2.75, 3.05) is 0 Å². The normalized spacial score (nSPS) is 10.3. The van der Waals surface area contributed by atoms with Gasteiger partial charge >= 0.3 is 29.6 Å². The van der Waals surface area contributed by atoms with Gasteiger partial charge in [-0.1, -0.05) is 83.3 Å². The Labute approximate surface area is 135 Å². The maximum absolute atomic E-state index is 5.19. The second kappa shape index (κ2) is 13.7. The minimum Gasteiger partial charge on any atom is -0.596 e. The van der Waals surface area contributed by atoms with E-state index in [1.165, 1.54) is 64.2 Å². The summed E-state index contributed by atoms with van der Waals surface area (Å²) in [6.07, 6.45) is 17.7. The van der Waals surface area contributed by atoms with E-state index in [2.05, 4.69) is 13.2 Å². The molecule has 98 valence electrons. The van der Waals surface area contributed by atoms with Crippen molar-refractivity contribution < 1.29 is 34.0 Å². The van der Waals surface area contributed by atoms with Crippen LogP contribution in [-0.2, 0) is 6.42 Å². The molecule has 0 N–H and O–H groups in total. The van der Waals surface area contributed by atoms with Gasteiger partial charge in [-0.3, -0.25) is 0 Å². The topological polar surface area (TPSA) is 13.1 Å². The van der Waals surface area contributed by atoms with Crippen molar-refractivity contribution in [2.45, 2.75) is 77.6 Å². The Balaban J connectivity index is 0.00000289. The number of hydrogen-bond donors (Lipinski definition) is 0. The number of unbranched alkanes of at least 4 members (excludes halogenated alkanes) is 9. The first-order valence-electron chi connectivity index (χ1n) is 7.38. The first-order valence-corrected chi connectivity index (χ1v) is 7.38. The summed E-state index contributed by atoms with van der Waals surface area (Å²) >= 11 is 0. The van der Waals surface area contributed by atoms with Gasteiger partial charge in [0.05, 0.1) is 0 Å². The minimum atomic E-state index is 0. The van der Waals surface area contributed by atoms with Gasteiger partial charge in [0.15, 0.2) is 0 Å². The maximum Gasteiger partial charge on any atom is 1.00 e. The predicted octanol–water partition coefficient (Wildman–Crippen LogP) is 2.55. The fourth-order valence-corrected chi connectivity index (χ4v) is 2.19. The molecular weight excluding hydrogens is 231 g/mol. The molecule has 1 rings (SSSR count). The van der Waals surface area contributed by atoms with Crippen LogP contribution >= 0.6 is 0 Å². The third-order valence-corrected chi connectivity index (χ3v) is 3.30. The van der Waals surface area contributed by atoms with Crippen LogP contribution in [0.15, 0.2) is 16.5 Å². The van der Waals surface area contributed by atoms with Crippen molar-refractivity contribution >= 4 is 0 Å². The molecule has 1 heterocycles. The molecule has 0 saturated carbocycles. The van der Waals surface area contributed by atoms with Gasteiger partial charge in [-0.2, -0.15) is 6.07 Å². The third kappa shape index (κ3) is 10.2. The van der Waals surface area contributed by atoms with Crippen LogP contribution in [-0.4, -0.2) is 0 Å². The summed E-state index contributed by atoms with van der Waals surface area (Å²) in [6, 6.07) is 3.87. The molecule has 0 aromatic carbocycles. The van der Waals surface area contributed by atoms with Crippen molar-refractivity contribution in [1.29, 1.82) is 0 Å². The number of rotatable bonds is 11. The average Bonchev–Trinajstić information content (AvgIpc) is 2.85. The second-order valence-electron chi connectivity index (χ2n) is 4.95. The Morgan fingerprint density at radius 2 is 1.44 bits per heavy atom. The smallest absolute Gasteiger partial charge is 0.596 e. The monoisotopic (exact) mass is 258 g/mol. The van der Waals surface area contributed by atoms with E-state index >= 15 is 0 Å². The maximum atomic E-state index is 5.19. The van der Waals surface area contributed by atoms with Gasteiger partial charge < -0.3 is 4.42 Å². The molecule has 0 bridgehead atoms. The molecule has 0 radical (unpaired) electrons. The van der Waals surface area contributed by atoms with E-state index in [1.807, 2.05) is 12.1 Å². The Hall–Kier alpha value is 0.280. The van der Waals surface area contributed by atoms with E-state index in [9.17, 15) is 0 Å². The molecule has 1 aromatic heterocycles.